The molecule has 1 saturated heterocycles. The number of anilines is 1. The van der Waals surface area contributed by atoms with E-state index in [-0.39, 0.29) is 28.4 Å². The highest BCUT2D eigenvalue weighted by Crippen LogP contribution is 2.48. The number of nitrogens with one attached hydrogen (secondary N) is 1. The lowest BCUT2D eigenvalue weighted by atomic mass is 9.64. The molecule has 1 N–H and O–H groups in total. The summed E-state index contributed by atoms with van der Waals surface area (Å²) >= 11 is 6.46. The molecule has 1 saturated carbocycles. The van der Waals surface area contributed by atoms with Gasteiger partial charge in [-0.1, -0.05) is 31.0 Å². The van der Waals surface area contributed by atoms with Crippen LogP contribution in [0, 0.1) is 23.7 Å². The van der Waals surface area contributed by atoms with Crippen LogP contribution in [0.5, 0.6) is 5.75 Å². The van der Waals surface area contributed by atoms with Crippen LogP contribution < -0.4 is 14.4 Å². The molecule has 0 radical (unpaired) electrons. The van der Waals surface area contributed by atoms with Crippen molar-refractivity contribution in [3.63, 3.8) is 0 Å². The third-order valence-corrected chi connectivity index (χ3v) is 14.5. The monoisotopic (exact) mass is 665 g/mol. The molecule has 5 aliphatic rings. The van der Waals surface area contributed by atoms with Gasteiger partial charge in [0.05, 0.1) is 22.0 Å². The number of likely N-dealkylation sites (tertiary alicyclic amines) is 1. The lowest BCUT2D eigenvalue weighted by Gasteiger charge is -2.47. The number of amides is 2. The van der Waals surface area contributed by atoms with Crippen LogP contribution in [0.2, 0.25) is 5.02 Å². The number of fused-ring (bicyclic) bond motifs is 4. The number of carbonyl (C=O) groups excluding carboxylic acids is 2. The van der Waals surface area contributed by atoms with Gasteiger partial charge in [-0.2, -0.15) is 0 Å². The van der Waals surface area contributed by atoms with Crippen molar-refractivity contribution in [3.8, 4) is 5.75 Å². The molecule has 7 atom stereocenters. The molecule has 7 rings (SSSR count). The Kier molecular flexibility index (Phi) is 8.58. The van der Waals surface area contributed by atoms with Gasteiger partial charge in [0.2, 0.25) is 5.91 Å². The van der Waals surface area contributed by atoms with E-state index in [0.717, 1.165) is 100 Å². The molecule has 9 heteroatoms. The average Bonchev–Trinajstić information content (AvgIpc) is 3.13. The molecule has 2 aliphatic carbocycles. The minimum absolute atomic E-state index is 0.0128. The Labute approximate surface area is 279 Å². The van der Waals surface area contributed by atoms with Crippen LogP contribution in [0.1, 0.15) is 86.7 Å². The summed E-state index contributed by atoms with van der Waals surface area (Å²) in [6.45, 7) is 7.87. The molecule has 2 aromatic carbocycles. The van der Waals surface area contributed by atoms with Gasteiger partial charge in [-0.15, -0.1) is 0 Å². The highest BCUT2D eigenvalue weighted by atomic mass is 35.5. The van der Waals surface area contributed by atoms with E-state index < -0.39 is 9.71 Å². The van der Waals surface area contributed by atoms with E-state index in [4.69, 9.17) is 16.3 Å². The zero-order chi connectivity index (χ0) is 32.2. The largest absolute Gasteiger partial charge is 0.490 e. The van der Waals surface area contributed by atoms with Crippen molar-refractivity contribution in [1.29, 1.82) is 0 Å². The maximum absolute atomic E-state index is 13.9. The fraction of sp³-hybridized carbons (Fsp3) is 0.595. The summed E-state index contributed by atoms with van der Waals surface area (Å²) in [5.74, 6) is 5.56. The van der Waals surface area contributed by atoms with Crippen molar-refractivity contribution >= 4 is 44.7 Å². The smallest absolute Gasteiger partial charge is 0.262 e. The number of aryl methyl sites for hydroxylation is 1. The van der Waals surface area contributed by atoms with Crippen LogP contribution in [0.3, 0.4) is 0 Å². The summed E-state index contributed by atoms with van der Waals surface area (Å²) in [7, 11) is -2.91. The van der Waals surface area contributed by atoms with Crippen molar-refractivity contribution in [1.82, 2.24) is 9.62 Å². The van der Waals surface area contributed by atoms with Crippen LogP contribution in [0.4, 0.5) is 5.69 Å². The highest BCUT2D eigenvalue weighted by Gasteiger charge is 2.46. The van der Waals surface area contributed by atoms with Gasteiger partial charge in [-0.25, -0.2) is 4.21 Å². The van der Waals surface area contributed by atoms with Crippen molar-refractivity contribution in [2.75, 3.05) is 37.7 Å². The van der Waals surface area contributed by atoms with E-state index in [1.807, 2.05) is 25.1 Å². The second kappa shape index (κ2) is 12.4. The van der Waals surface area contributed by atoms with Crippen molar-refractivity contribution in [3.05, 3.63) is 58.1 Å². The van der Waals surface area contributed by atoms with E-state index in [1.54, 1.807) is 6.07 Å². The standard InChI is InChI=1S/C37H48ClN3O4S/c1-24-7-4-9-31(36(43)40-17-6-18-40)30-13-10-28(30)21-41-22-37(16-5-8-26-19-29(38)12-14-32(26)37)23-45-34-15-11-27(20-33(34)41)35(42)39-46(3,44)25(24)2/h11-12,14-15,19-20,24-25,28,30-31H,3-10,13,16-18,21-23H2,1-2H3,(H,39,42,44)/t24-,25+,28-,30+,31+,37-,46?/m0/s1. The number of halogens is 1. The van der Waals surface area contributed by atoms with Gasteiger partial charge in [0.25, 0.3) is 5.91 Å². The number of carbonyl (C=O) groups is 2. The van der Waals surface area contributed by atoms with Gasteiger partial charge in [0.1, 0.15) is 5.75 Å². The summed E-state index contributed by atoms with van der Waals surface area (Å²) in [4.78, 5) is 32.0. The number of nitrogens with zero attached hydrogens (tertiary/aromatic N) is 2. The summed E-state index contributed by atoms with van der Waals surface area (Å²) in [6.07, 6.45) is 8.90. The van der Waals surface area contributed by atoms with Gasteiger partial charge >= 0.3 is 0 Å². The van der Waals surface area contributed by atoms with Crippen LogP contribution in [-0.2, 0) is 26.3 Å². The third kappa shape index (κ3) is 5.82. The number of hydrogen-bond donors (Lipinski definition) is 1. The van der Waals surface area contributed by atoms with Gasteiger partial charge in [0, 0.05) is 53.3 Å². The first-order valence-corrected chi connectivity index (χ1v) is 19.5. The Morgan fingerprint density at radius 3 is 2.63 bits per heavy atom. The Hall–Kier alpha value is -2.71. The van der Waals surface area contributed by atoms with E-state index in [1.165, 1.54) is 11.1 Å². The summed E-state index contributed by atoms with van der Waals surface area (Å²) < 4.78 is 23.3. The second-order valence-corrected chi connectivity index (χ2v) is 17.7. The van der Waals surface area contributed by atoms with Gasteiger partial charge in [-0.3, -0.25) is 14.3 Å². The first kappa shape index (κ1) is 31.9. The van der Waals surface area contributed by atoms with Crippen LogP contribution in [0.15, 0.2) is 36.4 Å². The molecule has 1 unspecified atom stereocenters. The molecule has 2 fully saturated rings. The molecule has 46 heavy (non-hydrogen) atoms. The van der Waals surface area contributed by atoms with Gasteiger partial charge < -0.3 is 14.5 Å². The summed E-state index contributed by atoms with van der Waals surface area (Å²) in [5.41, 5.74) is 3.72. The zero-order valence-electron chi connectivity index (χ0n) is 27.3. The highest BCUT2D eigenvalue weighted by molar-refractivity contribution is 7.99. The van der Waals surface area contributed by atoms with E-state index >= 15 is 0 Å². The quantitative estimate of drug-likeness (QED) is 0.364. The van der Waals surface area contributed by atoms with Crippen molar-refractivity contribution in [2.24, 2.45) is 23.7 Å². The predicted octanol–water partition coefficient (Wildman–Crippen LogP) is 6.26. The molecule has 3 heterocycles. The Bertz CT molecular complexity index is 1620. The fourth-order valence-electron chi connectivity index (χ4n) is 8.76. The van der Waals surface area contributed by atoms with Gasteiger partial charge in [-0.05, 0) is 123 Å². The van der Waals surface area contributed by atoms with E-state index in [9.17, 15) is 13.8 Å². The average molecular weight is 666 g/mol. The molecule has 2 aromatic rings. The topological polar surface area (TPSA) is 79.0 Å². The number of rotatable bonds is 1. The molecular weight excluding hydrogens is 618 g/mol. The lowest BCUT2D eigenvalue weighted by molar-refractivity contribution is -0.144. The number of benzene rings is 2. The Balaban J connectivity index is 1.29. The molecule has 7 nitrogen and oxygen atoms in total. The number of ether oxygens (including phenoxy) is 1. The van der Waals surface area contributed by atoms with Gasteiger partial charge in [0.15, 0.2) is 0 Å². The molecular formula is C37H48ClN3O4S. The Morgan fingerprint density at radius 2 is 1.89 bits per heavy atom. The van der Waals surface area contributed by atoms with Crippen LogP contribution >= 0.6 is 11.6 Å². The minimum Gasteiger partial charge on any atom is -0.490 e. The van der Waals surface area contributed by atoms with Crippen LogP contribution in [0.25, 0.3) is 0 Å². The lowest BCUT2D eigenvalue weighted by Crippen LogP contribution is -2.52. The van der Waals surface area contributed by atoms with E-state index in [0.29, 0.717) is 29.9 Å². The van der Waals surface area contributed by atoms with E-state index in [2.05, 4.69) is 39.4 Å². The summed E-state index contributed by atoms with van der Waals surface area (Å²) in [5, 5.41) is 0.459. The molecule has 0 aromatic heterocycles. The summed E-state index contributed by atoms with van der Waals surface area (Å²) in [6, 6.07) is 11.9. The molecule has 3 aliphatic heterocycles. The first-order chi connectivity index (χ1) is 22.0. The van der Waals surface area contributed by atoms with Crippen molar-refractivity contribution < 1.29 is 18.5 Å². The minimum atomic E-state index is -2.91. The SMILES string of the molecule is C=S1(=O)NC(=O)c2ccc3c(c2)N(C[C@@H]2CC[C@H]2[C@H](C(=O)N2CCC2)CCC[C@H](C)[C@H]1C)C[C@@]1(CCCc2cc(Cl)ccc21)CO3. The first-order valence-electron chi connectivity index (χ1n) is 17.3. The predicted molar refractivity (Wildman–Crippen MR) is 186 cm³/mol. The molecule has 1 spiro atoms. The normalized spacial score (nSPS) is 34.6. The third-order valence-electron chi connectivity index (χ3n) is 12.1. The maximum Gasteiger partial charge on any atom is 0.262 e. The second-order valence-electron chi connectivity index (χ2n) is 14.8. The molecule has 2 amide bonds. The maximum atomic E-state index is 13.9. The molecule has 2 bridgehead atoms. The number of hydrogen-bond acceptors (Lipinski definition) is 5. The zero-order valence-corrected chi connectivity index (χ0v) is 28.8. The fourth-order valence-corrected chi connectivity index (χ4v) is 10.5. The Morgan fingerprint density at radius 1 is 1.07 bits per heavy atom. The van der Waals surface area contributed by atoms with Crippen LogP contribution in [-0.4, -0.2) is 64.8 Å². The molecule has 248 valence electrons. The van der Waals surface area contributed by atoms with Crippen molar-refractivity contribution in [2.45, 2.75) is 82.3 Å².